The number of alkyl halides is 3. The topological polar surface area (TPSA) is 55.1 Å². The lowest BCUT2D eigenvalue weighted by Crippen LogP contribution is -2.15. The molecule has 0 spiro atoms. The molecule has 3 N–H and O–H groups in total. The van der Waals surface area contributed by atoms with Gasteiger partial charge in [0.2, 0.25) is 0 Å². The van der Waals surface area contributed by atoms with Crippen molar-refractivity contribution in [2.24, 2.45) is 11.7 Å². The van der Waals surface area contributed by atoms with Crippen molar-refractivity contribution in [2.45, 2.75) is 39.3 Å². The molecule has 1 saturated carbocycles. The Bertz CT molecular complexity index is 621. The number of benzene rings is 1. The molecule has 0 heterocycles. The number of carbonyl (C=O) groups excluding carboxylic acids is 1. The van der Waals surface area contributed by atoms with Gasteiger partial charge in [-0.05, 0) is 49.0 Å². The van der Waals surface area contributed by atoms with Crippen molar-refractivity contribution in [1.82, 2.24) is 0 Å². The van der Waals surface area contributed by atoms with E-state index in [9.17, 15) is 18.0 Å². The van der Waals surface area contributed by atoms with Gasteiger partial charge in [0.1, 0.15) is 0 Å². The second-order valence-electron chi connectivity index (χ2n) is 5.22. The Balaban J connectivity index is 0.00000139. The van der Waals surface area contributed by atoms with Crippen molar-refractivity contribution in [3.63, 3.8) is 0 Å². The van der Waals surface area contributed by atoms with Gasteiger partial charge in [-0.15, -0.1) is 6.58 Å². The molecule has 1 aliphatic carbocycles. The fraction of sp³-hybridized carbons (Fsp3) is 0.389. The Morgan fingerprint density at radius 3 is 2.58 bits per heavy atom. The number of amides is 1. The lowest BCUT2D eigenvalue weighted by Gasteiger charge is -2.13. The maximum atomic E-state index is 12.8. The van der Waals surface area contributed by atoms with Crippen LogP contribution in [0, 0.1) is 5.92 Å². The molecule has 1 amide bonds. The average Bonchev–Trinajstić information content (AvgIpc) is 3.01. The van der Waals surface area contributed by atoms with E-state index in [1.54, 1.807) is 6.20 Å². The van der Waals surface area contributed by atoms with Crippen LogP contribution in [0.5, 0.6) is 0 Å². The molecule has 0 aromatic heterocycles. The molecule has 0 bridgehead atoms. The van der Waals surface area contributed by atoms with Crippen LogP contribution in [0.25, 0.3) is 0 Å². The van der Waals surface area contributed by atoms with E-state index in [-0.39, 0.29) is 17.2 Å². The first-order chi connectivity index (χ1) is 11.3. The van der Waals surface area contributed by atoms with Crippen LogP contribution in [0.4, 0.5) is 18.9 Å². The van der Waals surface area contributed by atoms with E-state index >= 15 is 0 Å². The normalized spacial score (nSPS) is 18.7. The summed E-state index contributed by atoms with van der Waals surface area (Å²) in [5.41, 5.74) is 5.53. The van der Waals surface area contributed by atoms with Crippen LogP contribution < -0.4 is 11.1 Å². The van der Waals surface area contributed by atoms with Crippen molar-refractivity contribution in [1.29, 1.82) is 0 Å². The number of carbonyl (C=O) groups is 1. The molecule has 0 saturated heterocycles. The number of nitrogens with one attached hydrogen (secondary N) is 1. The first kappa shape index (κ1) is 19.8. The third-order valence-electron chi connectivity index (χ3n) is 3.77. The van der Waals surface area contributed by atoms with E-state index in [1.807, 2.05) is 19.9 Å². The Morgan fingerprint density at radius 1 is 1.38 bits per heavy atom. The molecule has 1 unspecified atom stereocenters. The van der Waals surface area contributed by atoms with Crippen LogP contribution in [-0.4, -0.2) is 5.91 Å². The summed E-state index contributed by atoms with van der Waals surface area (Å²) in [4.78, 5) is 11.4. The van der Waals surface area contributed by atoms with Gasteiger partial charge in [0.05, 0.1) is 16.8 Å². The highest BCUT2D eigenvalue weighted by Crippen LogP contribution is 2.34. The molecule has 0 radical (unpaired) electrons. The molecule has 1 fully saturated rings. The first-order valence-electron chi connectivity index (χ1n) is 7.92. The zero-order valence-electron chi connectivity index (χ0n) is 13.9. The third kappa shape index (κ3) is 4.88. The fourth-order valence-corrected chi connectivity index (χ4v) is 2.57. The second kappa shape index (κ2) is 8.57. The molecule has 3 nitrogen and oxygen atoms in total. The molecule has 1 aromatic carbocycles. The summed E-state index contributed by atoms with van der Waals surface area (Å²) in [7, 11) is 0. The van der Waals surface area contributed by atoms with Gasteiger partial charge in [-0.3, -0.25) is 4.79 Å². The summed E-state index contributed by atoms with van der Waals surface area (Å²) >= 11 is 0. The van der Waals surface area contributed by atoms with Crippen molar-refractivity contribution in [2.75, 3.05) is 5.32 Å². The standard InChI is InChI=1S/C16H17F3N2O.C2H6/c1-2-10-4-3-5-11(10)9-21-14-8-12(16(17,18)19)6-7-13(14)15(20)22;1-2/h2,6-10,21H,1,3-5H2,(H2,20,22);1-2H3/b11-9-;. The zero-order valence-corrected chi connectivity index (χ0v) is 13.9. The lowest BCUT2D eigenvalue weighted by atomic mass is 10.0. The molecule has 24 heavy (non-hydrogen) atoms. The highest BCUT2D eigenvalue weighted by atomic mass is 19.4. The van der Waals surface area contributed by atoms with E-state index in [4.69, 9.17) is 5.73 Å². The van der Waals surface area contributed by atoms with E-state index in [2.05, 4.69) is 11.9 Å². The highest BCUT2D eigenvalue weighted by Gasteiger charge is 2.31. The SMILES string of the molecule is C=CC1CCC/C1=C/Nc1cc(C(F)(F)F)ccc1C(N)=O.CC. The molecular formula is C18H23F3N2O. The first-order valence-corrected chi connectivity index (χ1v) is 7.92. The minimum atomic E-state index is -4.48. The number of rotatable bonds is 4. The van der Waals surface area contributed by atoms with Crippen molar-refractivity contribution in [3.05, 3.63) is 53.8 Å². The molecule has 6 heteroatoms. The van der Waals surface area contributed by atoms with Gasteiger partial charge in [-0.25, -0.2) is 0 Å². The second-order valence-corrected chi connectivity index (χ2v) is 5.22. The molecule has 132 valence electrons. The summed E-state index contributed by atoms with van der Waals surface area (Å²) in [5.74, 6) is -0.559. The number of nitrogens with two attached hydrogens (primary N) is 1. The third-order valence-corrected chi connectivity index (χ3v) is 3.77. The monoisotopic (exact) mass is 340 g/mol. The number of anilines is 1. The summed E-state index contributed by atoms with van der Waals surface area (Å²) < 4.78 is 38.4. The quantitative estimate of drug-likeness (QED) is 0.748. The predicted octanol–water partition coefficient (Wildman–Crippen LogP) is 5.11. The van der Waals surface area contributed by atoms with Gasteiger partial charge < -0.3 is 11.1 Å². The summed E-state index contributed by atoms with van der Waals surface area (Å²) in [6.07, 6.45) is 1.84. The van der Waals surface area contributed by atoms with Crippen LogP contribution in [0.3, 0.4) is 0 Å². The minimum Gasteiger partial charge on any atom is -0.366 e. The smallest absolute Gasteiger partial charge is 0.366 e. The van der Waals surface area contributed by atoms with Crippen LogP contribution in [0.2, 0.25) is 0 Å². The predicted molar refractivity (Wildman–Crippen MR) is 90.6 cm³/mol. The Labute approximate surface area is 140 Å². The van der Waals surface area contributed by atoms with Crippen LogP contribution >= 0.6 is 0 Å². The lowest BCUT2D eigenvalue weighted by molar-refractivity contribution is -0.137. The largest absolute Gasteiger partial charge is 0.416 e. The number of allylic oxidation sites excluding steroid dienone is 2. The molecule has 0 aliphatic heterocycles. The number of hydrogen-bond donors (Lipinski definition) is 2. The van der Waals surface area contributed by atoms with Gasteiger partial charge in [0, 0.05) is 6.20 Å². The van der Waals surface area contributed by atoms with Gasteiger partial charge in [-0.1, -0.05) is 19.9 Å². The summed E-state index contributed by atoms with van der Waals surface area (Å²) in [6, 6.07) is 2.83. The molecule has 1 atom stereocenters. The molecule has 1 aliphatic rings. The number of primary amides is 1. The van der Waals surface area contributed by atoms with Gasteiger partial charge in [0.25, 0.3) is 5.91 Å². The highest BCUT2D eigenvalue weighted by molar-refractivity contribution is 5.98. The maximum Gasteiger partial charge on any atom is 0.416 e. The minimum absolute atomic E-state index is 0.0259. The van der Waals surface area contributed by atoms with Gasteiger partial charge >= 0.3 is 6.18 Å². The maximum absolute atomic E-state index is 12.8. The van der Waals surface area contributed by atoms with Gasteiger partial charge in [-0.2, -0.15) is 13.2 Å². The van der Waals surface area contributed by atoms with Gasteiger partial charge in [0.15, 0.2) is 0 Å². The van der Waals surface area contributed by atoms with Crippen molar-refractivity contribution >= 4 is 11.6 Å². The van der Waals surface area contributed by atoms with E-state index in [0.717, 1.165) is 43.0 Å². The molecule has 2 rings (SSSR count). The molecule has 1 aromatic rings. The van der Waals surface area contributed by atoms with E-state index in [1.165, 1.54) is 0 Å². The Morgan fingerprint density at radius 2 is 2.04 bits per heavy atom. The van der Waals surface area contributed by atoms with Crippen LogP contribution in [0.15, 0.2) is 42.6 Å². The number of hydrogen-bond acceptors (Lipinski definition) is 2. The average molecular weight is 340 g/mol. The summed E-state index contributed by atoms with van der Waals surface area (Å²) in [6.45, 7) is 7.75. The van der Waals surface area contributed by atoms with Crippen molar-refractivity contribution in [3.8, 4) is 0 Å². The van der Waals surface area contributed by atoms with Crippen molar-refractivity contribution < 1.29 is 18.0 Å². The van der Waals surface area contributed by atoms with E-state index < -0.39 is 17.6 Å². The Hall–Kier alpha value is -2.24. The van der Waals surface area contributed by atoms with E-state index in [0.29, 0.717) is 0 Å². The molecular weight excluding hydrogens is 317 g/mol. The Kier molecular flexibility index (Phi) is 7.07. The van der Waals surface area contributed by atoms with Crippen LogP contribution in [-0.2, 0) is 6.18 Å². The number of halogens is 3. The zero-order chi connectivity index (χ0) is 18.3. The fourth-order valence-electron chi connectivity index (χ4n) is 2.57. The van der Waals surface area contributed by atoms with Crippen LogP contribution in [0.1, 0.15) is 49.0 Å². The summed E-state index contributed by atoms with van der Waals surface area (Å²) in [5, 5.41) is 2.80.